The molecule has 2 aromatic heterocycles. The smallest absolute Gasteiger partial charge is 0.244 e. The Morgan fingerprint density at radius 2 is 2.04 bits per heavy atom. The van der Waals surface area contributed by atoms with Crippen molar-refractivity contribution in [3.05, 3.63) is 36.4 Å². The monoisotopic (exact) mass is 356 g/mol. The van der Waals surface area contributed by atoms with Gasteiger partial charge in [0.2, 0.25) is 10.0 Å². The number of H-pyrrole nitrogens is 1. The van der Waals surface area contributed by atoms with E-state index in [4.69, 9.17) is 0 Å². The van der Waals surface area contributed by atoms with Gasteiger partial charge in [0.1, 0.15) is 9.79 Å². The van der Waals surface area contributed by atoms with Gasteiger partial charge in [-0.1, -0.05) is 0 Å². The van der Waals surface area contributed by atoms with E-state index in [0.717, 1.165) is 6.26 Å². The molecule has 2 aromatic rings. The van der Waals surface area contributed by atoms with E-state index in [9.17, 15) is 16.8 Å². The molecule has 124 valence electrons. The van der Waals surface area contributed by atoms with Crippen molar-refractivity contribution in [2.45, 2.75) is 22.1 Å². The van der Waals surface area contributed by atoms with E-state index in [1.807, 2.05) is 0 Å². The van der Waals surface area contributed by atoms with E-state index < -0.39 is 19.9 Å². The minimum atomic E-state index is -3.62. The molecule has 0 saturated carbocycles. The molecule has 10 heteroatoms. The molecule has 0 aliphatic carbocycles. The zero-order chi connectivity index (χ0) is 16.7. The van der Waals surface area contributed by atoms with Crippen LogP contribution in [0.15, 0.2) is 40.5 Å². The maximum absolute atomic E-state index is 12.6. The lowest BCUT2D eigenvalue weighted by Gasteiger charge is -2.16. The van der Waals surface area contributed by atoms with Crippen molar-refractivity contribution in [1.82, 2.24) is 19.5 Å². The van der Waals surface area contributed by atoms with Crippen LogP contribution in [0.1, 0.15) is 18.0 Å². The van der Waals surface area contributed by atoms with Gasteiger partial charge >= 0.3 is 0 Å². The number of nitrogens with zero attached hydrogens (tertiary/aromatic N) is 3. The summed E-state index contributed by atoms with van der Waals surface area (Å²) in [6.45, 7) is 0.534. The van der Waals surface area contributed by atoms with Crippen LogP contribution in [-0.4, -0.2) is 55.7 Å². The van der Waals surface area contributed by atoms with Crippen molar-refractivity contribution in [2.24, 2.45) is 0 Å². The standard InChI is InChI=1S/C13H16N4O4S2/c1-22(18,19)12-8-15-16-13(12)10-4-6-17(9-10)23(20,21)11-3-2-5-14-7-11/h2-3,5,7-8,10H,4,6,9H2,1H3,(H,15,16). The largest absolute Gasteiger partial charge is 0.281 e. The predicted octanol–water partition coefficient (Wildman–Crippen LogP) is 0.386. The van der Waals surface area contributed by atoms with Crippen molar-refractivity contribution in [3.8, 4) is 0 Å². The maximum atomic E-state index is 12.6. The molecule has 8 nitrogen and oxygen atoms in total. The Hall–Kier alpha value is -1.78. The summed E-state index contributed by atoms with van der Waals surface area (Å²) in [5, 5.41) is 6.50. The molecule has 0 aromatic carbocycles. The third-order valence-corrected chi connectivity index (χ3v) is 6.84. The number of hydrogen-bond donors (Lipinski definition) is 1. The van der Waals surface area contributed by atoms with Crippen LogP contribution in [0.4, 0.5) is 0 Å². The third kappa shape index (κ3) is 3.01. The normalized spacial score (nSPS) is 20.0. The molecule has 1 aliphatic heterocycles. The molecule has 1 atom stereocenters. The van der Waals surface area contributed by atoms with Crippen LogP contribution < -0.4 is 0 Å². The highest BCUT2D eigenvalue weighted by molar-refractivity contribution is 7.90. The lowest BCUT2D eigenvalue weighted by atomic mass is 10.1. The van der Waals surface area contributed by atoms with Gasteiger partial charge in [-0.3, -0.25) is 10.1 Å². The van der Waals surface area contributed by atoms with E-state index in [-0.39, 0.29) is 22.3 Å². The van der Waals surface area contributed by atoms with Gasteiger partial charge in [-0.2, -0.15) is 9.40 Å². The Labute approximate surface area is 134 Å². The van der Waals surface area contributed by atoms with E-state index in [2.05, 4.69) is 15.2 Å². The second kappa shape index (κ2) is 5.69. The van der Waals surface area contributed by atoms with E-state index in [1.165, 1.54) is 29.0 Å². The van der Waals surface area contributed by atoms with Crippen LogP contribution in [0, 0.1) is 0 Å². The average molecular weight is 356 g/mol. The van der Waals surface area contributed by atoms with Crippen LogP contribution in [0.2, 0.25) is 0 Å². The van der Waals surface area contributed by atoms with Gasteiger partial charge in [0, 0.05) is 37.7 Å². The number of pyridine rings is 1. The van der Waals surface area contributed by atoms with Gasteiger partial charge in [-0.25, -0.2) is 16.8 Å². The van der Waals surface area contributed by atoms with Gasteiger partial charge < -0.3 is 0 Å². The Morgan fingerprint density at radius 1 is 1.26 bits per heavy atom. The fourth-order valence-electron chi connectivity index (χ4n) is 2.70. The molecule has 1 fully saturated rings. The average Bonchev–Trinajstić information content (AvgIpc) is 3.16. The Morgan fingerprint density at radius 3 is 2.70 bits per heavy atom. The zero-order valence-corrected chi connectivity index (χ0v) is 14.0. The Bertz CT molecular complexity index is 906. The fourth-order valence-corrected chi connectivity index (χ4v) is 5.02. The number of hydrogen-bond acceptors (Lipinski definition) is 6. The molecular formula is C13H16N4O4S2. The topological polar surface area (TPSA) is 113 Å². The van der Waals surface area contributed by atoms with Crippen LogP contribution in [0.5, 0.6) is 0 Å². The molecule has 1 N–H and O–H groups in total. The van der Waals surface area contributed by atoms with Crippen LogP contribution >= 0.6 is 0 Å². The molecule has 3 rings (SSSR count). The number of sulfone groups is 1. The van der Waals surface area contributed by atoms with Crippen molar-refractivity contribution in [3.63, 3.8) is 0 Å². The summed E-state index contributed by atoms with van der Waals surface area (Å²) >= 11 is 0. The summed E-state index contributed by atoms with van der Waals surface area (Å²) in [6, 6.07) is 3.06. The van der Waals surface area contributed by atoms with Crippen molar-refractivity contribution in [2.75, 3.05) is 19.3 Å². The number of aromatic nitrogens is 3. The molecule has 3 heterocycles. The molecule has 1 aliphatic rings. The van der Waals surface area contributed by atoms with Gasteiger partial charge in [-0.15, -0.1) is 0 Å². The molecule has 0 spiro atoms. The third-order valence-electron chi connectivity index (χ3n) is 3.86. The van der Waals surface area contributed by atoms with Crippen LogP contribution in [-0.2, 0) is 19.9 Å². The SMILES string of the molecule is CS(=O)(=O)c1cn[nH]c1C1CCN(S(=O)(=O)c2cccnc2)C1. The minimum absolute atomic E-state index is 0.128. The van der Waals surface area contributed by atoms with E-state index >= 15 is 0 Å². The number of nitrogens with one attached hydrogen (secondary N) is 1. The predicted molar refractivity (Wildman–Crippen MR) is 82.1 cm³/mol. The maximum Gasteiger partial charge on any atom is 0.244 e. The molecule has 0 amide bonds. The van der Waals surface area contributed by atoms with Gasteiger partial charge in [0.05, 0.1) is 11.9 Å². The Kier molecular flexibility index (Phi) is 3.98. The number of rotatable bonds is 4. The second-order valence-electron chi connectivity index (χ2n) is 5.46. The molecule has 0 bridgehead atoms. The summed E-state index contributed by atoms with van der Waals surface area (Å²) in [7, 11) is -7.03. The summed E-state index contributed by atoms with van der Waals surface area (Å²) < 4.78 is 50.0. The summed E-state index contributed by atoms with van der Waals surface area (Å²) in [4.78, 5) is 4.10. The summed E-state index contributed by atoms with van der Waals surface area (Å²) in [6.07, 6.45) is 5.73. The first-order chi connectivity index (χ1) is 10.8. The first kappa shape index (κ1) is 16.1. The van der Waals surface area contributed by atoms with Gasteiger partial charge in [0.25, 0.3) is 0 Å². The Balaban J connectivity index is 1.87. The first-order valence-electron chi connectivity index (χ1n) is 6.93. The second-order valence-corrected chi connectivity index (χ2v) is 9.38. The highest BCUT2D eigenvalue weighted by Crippen LogP contribution is 2.32. The van der Waals surface area contributed by atoms with E-state index in [1.54, 1.807) is 6.07 Å². The van der Waals surface area contributed by atoms with Crippen molar-refractivity contribution < 1.29 is 16.8 Å². The lowest BCUT2D eigenvalue weighted by Crippen LogP contribution is -2.28. The number of sulfonamides is 1. The van der Waals surface area contributed by atoms with Gasteiger partial charge in [0.15, 0.2) is 9.84 Å². The highest BCUT2D eigenvalue weighted by atomic mass is 32.2. The van der Waals surface area contributed by atoms with Gasteiger partial charge in [-0.05, 0) is 18.6 Å². The highest BCUT2D eigenvalue weighted by Gasteiger charge is 2.36. The minimum Gasteiger partial charge on any atom is -0.281 e. The van der Waals surface area contributed by atoms with Crippen LogP contribution in [0.25, 0.3) is 0 Å². The van der Waals surface area contributed by atoms with E-state index in [0.29, 0.717) is 18.7 Å². The quantitative estimate of drug-likeness (QED) is 0.848. The fraction of sp³-hybridized carbons (Fsp3) is 0.385. The molecule has 1 unspecified atom stereocenters. The molecule has 23 heavy (non-hydrogen) atoms. The first-order valence-corrected chi connectivity index (χ1v) is 10.3. The summed E-state index contributed by atoms with van der Waals surface area (Å²) in [5.74, 6) is -0.228. The van der Waals surface area contributed by atoms with Crippen molar-refractivity contribution >= 4 is 19.9 Å². The zero-order valence-electron chi connectivity index (χ0n) is 12.4. The molecule has 1 saturated heterocycles. The lowest BCUT2D eigenvalue weighted by molar-refractivity contribution is 0.471. The van der Waals surface area contributed by atoms with Crippen molar-refractivity contribution in [1.29, 1.82) is 0 Å². The molecule has 0 radical (unpaired) electrons. The number of aromatic amines is 1. The molecular weight excluding hydrogens is 340 g/mol. The van der Waals surface area contributed by atoms with Crippen LogP contribution in [0.3, 0.4) is 0 Å². The summed E-state index contributed by atoms with van der Waals surface area (Å²) in [5.41, 5.74) is 0.469.